The van der Waals surface area contributed by atoms with E-state index in [1.165, 1.54) is 6.08 Å². The number of carbonyl (C=O) groups is 2. The summed E-state index contributed by atoms with van der Waals surface area (Å²) in [6, 6.07) is 5.40. The summed E-state index contributed by atoms with van der Waals surface area (Å²) in [6.07, 6.45) is 3.38. The van der Waals surface area contributed by atoms with Crippen LogP contribution in [0.4, 0.5) is 0 Å². The Balaban J connectivity index is 2.70. The van der Waals surface area contributed by atoms with E-state index in [9.17, 15) is 9.59 Å². The molecule has 0 unspecified atom stereocenters. The number of esters is 1. The highest BCUT2D eigenvalue weighted by atomic mass is 16.5. The van der Waals surface area contributed by atoms with Gasteiger partial charge < -0.3 is 19.1 Å². The van der Waals surface area contributed by atoms with Crippen molar-refractivity contribution in [2.45, 2.75) is 20.3 Å². The van der Waals surface area contributed by atoms with Gasteiger partial charge in [0.1, 0.15) is 0 Å². The van der Waals surface area contributed by atoms with Gasteiger partial charge in [0.15, 0.2) is 11.5 Å². The summed E-state index contributed by atoms with van der Waals surface area (Å²) in [4.78, 5) is 25.2. The lowest BCUT2D eigenvalue weighted by molar-refractivity contribution is -0.143. The van der Waals surface area contributed by atoms with Gasteiger partial charge in [-0.1, -0.05) is 6.07 Å². The zero-order chi connectivity index (χ0) is 17.9. The third kappa shape index (κ3) is 5.95. The number of hydrogen-bond donors (Lipinski definition) is 0. The van der Waals surface area contributed by atoms with E-state index in [1.54, 1.807) is 44.3 Å². The highest BCUT2D eigenvalue weighted by molar-refractivity contribution is 5.92. The first-order chi connectivity index (χ1) is 11.5. The van der Waals surface area contributed by atoms with Crippen molar-refractivity contribution in [2.75, 3.05) is 33.9 Å². The van der Waals surface area contributed by atoms with E-state index in [2.05, 4.69) is 0 Å². The lowest BCUT2D eigenvalue weighted by Gasteiger charge is -2.18. The summed E-state index contributed by atoms with van der Waals surface area (Å²) < 4.78 is 15.3. The van der Waals surface area contributed by atoms with Gasteiger partial charge in [0.25, 0.3) is 0 Å². The number of carbonyl (C=O) groups excluding carboxylic acids is 2. The highest BCUT2D eigenvalue weighted by Crippen LogP contribution is 2.27. The SMILES string of the molecule is CCOC(=O)CCN(CC)C(=O)/C=C/c1ccc(OC)c(OC)c1. The van der Waals surface area contributed by atoms with Gasteiger partial charge in [0, 0.05) is 19.2 Å². The van der Waals surface area contributed by atoms with E-state index in [4.69, 9.17) is 14.2 Å². The van der Waals surface area contributed by atoms with Crippen molar-refractivity contribution in [3.8, 4) is 11.5 Å². The van der Waals surface area contributed by atoms with Crippen molar-refractivity contribution in [2.24, 2.45) is 0 Å². The fraction of sp³-hybridized carbons (Fsp3) is 0.444. The second-order valence-corrected chi connectivity index (χ2v) is 4.92. The van der Waals surface area contributed by atoms with Gasteiger partial charge in [0.2, 0.25) is 5.91 Å². The first kappa shape index (κ1) is 19.5. The molecule has 0 bridgehead atoms. The van der Waals surface area contributed by atoms with Crippen molar-refractivity contribution in [1.82, 2.24) is 4.90 Å². The molecule has 0 radical (unpaired) electrons. The van der Waals surface area contributed by atoms with Gasteiger partial charge in [-0.2, -0.15) is 0 Å². The lowest BCUT2D eigenvalue weighted by atomic mass is 10.2. The Morgan fingerprint density at radius 3 is 2.42 bits per heavy atom. The Morgan fingerprint density at radius 1 is 1.12 bits per heavy atom. The molecule has 0 saturated heterocycles. The fourth-order valence-electron chi connectivity index (χ4n) is 2.11. The fourth-order valence-corrected chi connectivity index (χ4v) is 2.11. The van der Waals surface area contributed by atoms with Crippen molar-refractivity contribution in [1.29, 1.82) is 0 Å². The second kappa shape index (κ2) is 10.3. The molecule has 0 aromatic heterocycles. The summed E-state index contributed by atoms with van der Waals surface area (Å²) in [6.45, 7) is 4.83. The van der Waals surface area contributed by atoms with Crippen LogP contribution in [0.2, 0.25) is 0 Å². The first-order valence-corrected chi connectivity index (χ1v) is 7.90. The molecule has 0 atom stereocenters. The van der Waals surface area contributed by atoms with Crippen LogP contribution in [0.5, 0.6) is 11.5 Å². The molecule has 1 aromatic rings. The number of amides is 1. The minimum absolute atomic E-state index is 0.156. The molecule has 6 nitrogen and oxygen atoms in total. The minimum Gasteiger partial charge on any atom is -0.493 e. The van der Waals surface area contributed by atoms with Crippen molar-refractivity contribution in [3.63, 3.8) is 0 Å². The zero-order valence-electron chi connectivity index (χ0n) is 14.7. The molecule has 0 fully saturated rings. The van der Waals surface area contributed by atoms with Crippen LogP contribution in [0, 0.1) is 0 Å². The quantitative estimate of drug-likeness (QED) is 0.512. The number of rotatable bonds is 9. The third-order valence-electron chi connectivity index (χ3n) is 3.41. The number of likely N-dealkylation sites (N-methyl/N-ethyl adjacent to an activating group) is 1. The average Bonchev–Trinajstić information content (AvgIpc) is 2.60. The van der Waals surface area contributed by atoms with Gasteiger partial charge in [-0.25, -0.2) is 0 Å². The summed E-state index contributed by atoms with van der Waals surface area (Å²) in [5.41, 5.74) is 0.822. The minimum atomic E-state index is -0.298. The van der Waals surface area contributed by atoms with Gasteiger partial charge in [-0.15, -0.1) is 0 Å². The maximum atomic E-state index is 12.2. The Hall–Kier alpha value is -2.50. The molecule has 0 aliphatic heterocycles. The lowest BCUT2D eigenvalue weighted by Crippen LogP contribution is -2.31. The predicted octanol–water partition coefficient (Wildman–Crippen LogP) is 2.52. The van der Waals surface area contributed by atoms with Crippen molar-refractivity contribution >= 4 is 18.0 Å². The Labute approximate surface area is 143 Å². The van der Waals surface area contributed by atoms with Crippen LogP contribution < -0.4 is 9.47 Å². The van der Waals surface area contributed by atoms with Crippen LogP contribution in [-0.2, 0) is 14.3 Å². The molecule has 6 heteroatoms. The molecule has 1 amide bonds. The predicted molar refractivity (Wildman–Crippen MR) is 92.1 cm³/mol. The number of methoxy groups -OCH3 is 2. The highest BCUT2D eigenvalue weighted by Gasteiger charge is 2.11. The zero-order valence-corrected chi connectivity index (χ0v) is 14.7. The molecule has 1 rings (SSSR count). The normalized spacial score (nSPS) is 10.5. The van der Waals surface area contributed by atoms with Crippen LogP contribution in [0.1, 0.15) is 25.8 Å². The van der Waals surface area contributed by atoms with Crippen LogP contribution in [0.25, 0.3) is 6.08 Å². The number of hydrogen-bond acceptors (Lipinski definition) is 5. The third-order valence-corrected chi connectivity index (χ3v) is 3.41. The summed E-state index contributed by atoms with van der Waals surface area (Å²) >= 11 is 0. The topological polar surface area (TPSA) is 65.1 Å². The van der Waals surface area contributed by atoms with Gasteiger partial charge in [-0.3, -0.25) is 9.59 Å². The molecule has 0 heterocycles. The van der Waals surface area contributed by atoms with Crippen molar-refractivity contribution in [3.05, 3.63) is 29.8 Å². The van der Waals surface area contributed by atoms with Crippen LogP contribution in [0.15, 0.2) is 24.3 Å². The average molecular weight is 335 g/mol. The van der Waals surface area contributed by atoms with E-state index in [0.717, 1.165) is 5.56 Å². The largest absolute Gasteiger partial charge is 0.493 e. The maximum absolute atomic E-state index is 12.2. The molecule has 132 valence electrons. The molecule has 0 aliphatic carbocycles. The van der Waals surface area contributed by atoms with E-state index in [-0.39, 0.29) is 18.3 Å². The Bertz CT molecular complexity index is 583. The standard InChI is InChI=1S/C18H25NO5/c1-5-19(12-11-18(21)24-6-2)17(20)10-8-14-7-9-15(22-3)16(13-14)23-4/h7-10,13H,5-6,11-12H2,1-4H3/b10-8+. The van der Waals surface area contributed by atoms with E-state index >= 15 is 0 Å². The molecule has 0 aliphatic rings. The maximum Gasteiger partial charge on any atom is 0.307 e. The molecule has 0 saturated carbocycles. The Kier molecular flexibility index (Phi) is 8.39. The molecule has 24 heavy (non-hydrogen) atoms. The smallest absolute Gasteiger partial charge is 0.307 e. The van der Waals surface area contributed by atoms with Crippen LogP contribution in [-0.4, -0.2) is 50.7 Å². The van der Waals surface area contributed by atoms with Gasteiger partial charge in [0.05, 0.1) is 27.2 Å². The molecular weight excluding hydrogens is 310 g/mol. The Morgan fingerprint density at radius 2 is 1.83 bits per heavy atom. The van der Waals surface area contributed by atoms with E-state index in [1.807, 2.05) is 13.0 Å². The molecule has 0 spiro atoms. The van der Waals surface area contributed by atoms with Crippen LogP contribution >= 0.6 is 0 Å². The summed E-state index contributed by atoms with van der Waals surface area (Å²) in [5, 5.41) is 0. The van der Waals surface area contributed by atoms with Gasteiger partial charge in [-0.05, 0) is 37.6 Å². The molecule has 0 N–H and O–H groups in total. The first-order valence-electron chi connectivity index (χ1n) is 7.90. The molecular formula is C18H25NO5. The van der Waals surface area contributed by atoms with Gasteiger partial charge >= 0.3 is 5.97 Å². The van der Waals surface area contributed by atoms with E-state index < -0.39 is 0 Å². The monoisotopic (exact) mass is 335 g/mol. The summed E-state index contributed by atoms with van der Waals surface area (Å²) in [7, 11) is 3.13. The van der Waals surface area contributed by atoms with Crippen LogP contribution in [0.3, 0.4) is 0 Å². The number of ether oxygens (including phenoxy) is 3. The van der Waals surface area contributed by atoms with E-state index in [0.29, 0.717) is 31.2 Å². The molecule has 1 aromatic carbocycles. The van der Waals surface area contributed by atoms with Crippen molar-refractivity contribution < 1.29 is 23.8 Å². The number of nitrogens with zero attached hydrogens (tertiary/aromatic N) is 1. The second-order valence-electron chi connectivity index (χ2n) is 4.92. The number of benzene rings is 1. The summed E-state index contributed by atoms with van der Waals surface area (Å²) in [5.74, 6) is 0.775.